The van der Waals surface area contributed by atoms with Crippen molar-refractivity contribution in [1.29, 1.82) is 0 Å². The number of benzene rings is 1. The quantitative estimate of drug-likeness (QED) is 0.773. The molecule has 0 radical (unpaired) electrons. The van der Waals surface area contributed by atoms with Crippen LogP contribution in [0.25, 0.3) is 0 Å². The molecule has 106 valence electrons. The van der Waals surface area contributed by atoms with Gasteiger partial charge in [-0.25, -0.2) is 16.8 Å². The van der Waals surface area contributed by atoms with Gasteiger partial charge in [-0.05, 0) is 17.7 Å². The second-order valence-electron chi connectivity index (χ2n) is 4.34. The van der Waals surface area contributed by atoms with Crippen molar-refractivity contribution in [2.75, 3.05) is 24.6 Å². The van der Waals surface area contributed by atoms with Gasteiger partial charge in [0, 0.05) is 19.0 Å². The van der Waals surface area contributed by atoms with Crippen molar-refractivity contribution in [3.63, 3.8) is 0 Å². The Balaban J connectivity index is 2.28. The number of hydrogen-bond acceptors (Lipinski definition) is 4. The summed E-state index contributed by atoms with van der Waals surface area (Å²) in [5.41, 5.74) is 0.715. The van der Waals surface area contributed by atoms with Crippen molar-refractivity contribution in [2.24, 2.45) is 0 Å². The molecular formula is C11H14ClNO4S2. The fraction of sp³-hybridized carbons (Fsp3) is 0.455. The lowest BCUT2D eigenvalue weighted by Gasteiger charge is -2.26. The molecule has 8 heteroatoms. The number of rotatable bonds is 3. The molecule has 0 saturated carbocycles. The average molecular weight is 324 g/mol. The summed E-state index contributed by atoms with van der Waals surface area (Å²) in [5.74, 6) is -0.0133. The Labute approximate surface area is 118 Å². The molecule has 0 N–H and O–H groups in total. The number of sulfone groups is 1. The van der Waals surface area contributed by atoms with E-state index in [4.69, 9.17) is 11.6 Å². The van der Waals surface area contributed by atoms with Crippen LogP contribution >= 0.6 is 11.6 Å². The van der Waals surface area contributed by atoms with Gasteiger partial charge >= 0.3 is 0 Å². The third-order valence-corrected chi connectivity index (χ3v) is 6.81. The summed E-state index contributed by atoms with van der Waals surface area (Å²) >= 11 is 5.68. The van der Waals surface area contributed by atoms with Crippen LogP contribution < -0.4 is 0 Å². The van der Waals surface area contributed by atoms with E-state index in [1.54, 1.807) is 12.1 Å². The summed E-state index contributed by atoms with van der Waals surface area (Å²) in [6.07, 6.45) is 0. The summed E-state index contributed by atoms with van der Waals surface area (Å²) < 4.78 is 48.6. The van der Waals surface area contributed by atoms with Crippen molar-refractivity contribution in [1.82, 2.24) is 4.31 Å². The summed E-state index contributed by atoms with van der Waals surface area (Å²) in [4.78, 5) is 0.157. The normalized spacial score (nSPS) is 20.3. The summed E-state index contributed by atoms with van der Waals surface area (Å²) in [5, 5.41) is 0. The monoisotopic (exact) mass is 323 g/mol. The lowest BCUT2D eigenvalue weighted by Crippen LogP contribution is -2.43. The van der Waals surface area contributed by atoms with Crippen molar-refractivity contribution in [3.05, 3.63) is 29.8 Å². The van der Waals surface area contributed by atoms with Crippen molar-refractivity contribution in [2.45, 2.75) is 10.8 Å². The van der Waals surface area contributed by atoms with Crippen LogP contribution in [0.15, 0.2) is 29.2 Å². The van der Waals surface area contributed by atoms with Crippen LogP contribution in [-0.2, 0) is 25.7 Å². The molecule has 5 nitrogen and oxygen atoms in total. The third-order valence-electron chi connectivity index (χ3n) is 2.99. The molecule has 1 fully saturated rings. The number of halogens is 1. The van der Waals surface area contributed by atoms with E-state index in [9.17, 15) is 16.8 Å². The number of nitrogens with zero attached hydrogens (tertiary/aromatic N) is 1. The first-order chi connectivity index (χ1) is 8.85. The molecule has 19 heavy (non-hydrogen) atoms. The smallest absolute Gasteiger partial charge is 0.229 e. The maximum atomic E-state index is 12.4. The molecule has 0 unspecified atom stereocenters. The van der Waals surface area contributed by atoms with Crippen LogP contribution in [0, 0.1) is 0 Å². The van der Waals surface area contributed by atoms with E-state index in [2.05, 4.69) is 0 Å². The molecule has 1 heterocycles. The first-order valence-electron chi connectivity index (χ1n) is 5.71. The Kier molecular flexibility index (Phi) is 4.20. The summed E-state index contributed by atoms with van der Waals surface area (Å²) in [6.45, 7) is 0.0194. The van der Waals surface area contributed by atoms with E-state index < -0.39 is 19.9 Å². The van der Waals surface area contributed by atoms with E-state index in [0.717, 1.165) is 0 Å². The van der Waals surface area contributed by atoms with Crippen molar-refractivity contribution < 1.29 is 16.8 Å². The van der Waals surface area contributed by atoms with Crippen molar-refractivity contribution in [3.8, 4) is 0 Å². The van der Waals surface area contributed by atoms with E-state index in [1.807, 2.05) is 0 Å². The van der Waals surface area contributed by atoms with Gasteiger partial charge in [0.1, 0.15) is 0 Å². The third kappa shape index (κ3) is 3.28. The molecular weight excluding hydrogens is 310 g/mol. The van der Waals surface area contributed by atoms with E-state index in [-0.39, 0.29) is 35.4 Å². The van der Waals surface area contributed by atoms with Crippen LogP contribution in [0.1, 0.15) is 5.56 Å². The zero-order valence-corrected chi connectivity index (χ0v) is 12.5. The number of hydrogen-bond donors (Lipinski definition) is 0. The van der Waals surface area contributed by atoms with E-state index >= 15 is 0 Å². The Morgan fingerprint density at radius 3 is 2.42 bits per heavy atom. The first kappa shape index (κ1) is 14.8. The highest BCUT2D eigenvalue weighted by molar-refractivity contribution is 7.92. The number of alkyl halides is 1. The lowest BCUT2D eigenvalue weighted by atomic mass is 10.2. The Bertz CT molecular complexity index is 656. The molecule has 0 aromatic heterocycles. The first-order valence-corrected chi connectivity index (χ1v) is 9.50. The molecule has 1 saturated heterocycles. The second kappa shape index (κ2) is 5.40. The zero-order valence-electron chi connectivity index (χ0n) is 10.1. The van der Waals surface area contributed by atoms with Crippen LogP contribution in [0.5, 0.6) is 0 Å². The fourth-order valence-corrected chi connectivity index (χ4v) is 4.99. The summed E-state index contributed by atoms with van der Waals surface area (Å²) in [7, 11) is -6.73. The molecule has 1 aliphatic rings. The van der Waals surface area contributed by atoms with Gasteiger partial charge in [0.2, 0.25) is 10.0 Å². The van der Waals surface area contributed by atoms with E-state index in [0.29, 0.717) is 5.56 Å². The van der Waals surface area contributed by atoms with Gasteiger partial charge < -0.3 is 0 Å². The molecule has 0 amide bonds. The molecule has 0 spiro atoms. The van der Waals surface area contributed by atoms with Gasteiger partial charge in [0.05, 0.1) is 16.4 Å². The largest absolute Gasteiger partial charge is 0.243 e. The molecule has 0 atom stereocenters. The predicted molar refractivity (Wildman–Crippen MR) is 73.4 cm³/mol. The van der Waals surface area contributed by atoms with Crippen LogP contribution in [0.3, 0.4) is 0 Å². The minimum absolute atomic E-state index is 0.00969. The highest BCUT2D eigenvalue weighted by Gasteiger charge is 2.31. The van der Waals surface area contributed by atoms with Crippen LogP contribution in [-0.4, -0.2) is 45.7 Å². The van der Waals surface area contributed by atoms with Crippen LogP contribution in [0.4, 0.5) is 0 Å². The topological polar surface area (TPSA) is 71.5 Å². The number of sulfonamides is 1. The molecule has 1 aromatic rings. The van der Waals surface area contributed by atoms with Gasteiger partial charge in [0.15, 0.2) is 9.84 Å². The molecule has 0 aliphatic carbocycles. The van der Waals surface area contributed by atoms with E-state index in [1.165, 1.54) is 16.4 Å². The van der Waals surface area contributed by atoms with Crippen LogP contribution in [0.2, 0.25) is 0 Å². The van der Waals surface area contributed by atoms with Gasteiger partial charge in [-0.2, -0.15) is 4.31 Å². The summed E-state index contributed by atoms with van der Waals surface area (Å²) in [6, 6.07) is 6.39. The fourth-order valence-electron chi connectivity index (χ4n) is 1.87. The minimum Gasteiger partial charge on any atom is -0.229 e. The lowest BCUT2D eigenvalue weighted by molar-refractivity contribution is 0.430. The molecule has 0 bridgehead atoms. The van der Waals surface area contributed by atoms with Crippen molar-refractivity contribution >= 4 is 31.5 Å². The van der Waals surface area contributed by atoms with Gasteiger partial charge in [-0.15, -0.1) is 11.6 Å². The minimum atomic E-state index is -3.63. The standard InChI is InChI=1S/C11H14ClNO4S2/c12-9-10-2-1-3-11(8-10)19(16,17)13-4-6-18(14,15)7-5-13/h1-3,8H,4-7,9H2. The zero-order chi connectivity index (χ0) is 14.1. The Morgan fingerprint density at radius 2 is 1.84 bits per heavy atom. The van der Waals surface area contributed by atoms with Gasteiger partial charge in [-0.3, -0.25) is 0 Å². The Hall–Kier alpha value is -0.630. The maximum absolute atomic E-state index is 12.4. The Morgan fingerprint density at radius 1 is 1.21 bits per heavy atom. The molecule has 1 aliphatic heterocycles. The molecule has 2 rings (SSSR count). The highest BCUT2D eigenvalue weighted by Crippen LogP contribution is 2.20. The average Bonchev–Trinajstić information content (AvgIpc) is 2.38. The molecule has 1 aromatic carbocycles. The second-order valence-corrected chi connectivity index (χ2v) is 8.85. The highest BCUT2D eigenvalue weighted by atomic mass is 35.5. The predicted octanol–water partition coefficient (Wildman–Crippen LogP) is 0.845. The van der Waals surface area contributed by atoms with Gasteiger partial charge in [0.25, 0.3) is 0 Å². The van der Waals surface area contributed by atoms with Gasteiger partial charge in [-0.1, -0.05) is 12.1 Å². The SMILES string of the molecule is O=S1(=O)CCN(S(=O)(=O)c2cccc(CCl)c2)CC1. The maximum Gasteiger partial charge on any atom is 0.243 e.